The molecule has 19 heavy (non-hydrogen) atoms. The SMILES string of the molecule is CC(C)C1CC(NCCCC(=O)NC2CC2)CCO1. The van der Waals surface area contributed by atoms with Crippen LogP contribution in [0.5, 0.6) is 0 Å². The number of hydrogen-bond donors (Lipinski definition) is 2. The van der Waals surface area contributed by atoms with Gasteiger partial charge in [-0.1, -0.05) is 13.8 Å². The van der Waals surface area contributed by atoms with Gasteiger partial charge in [-0.05, 0) is 44.6 Å². The van der Waals surface area contributed by atoms with Crippen molar-refractivity contribution >= 4 is 5.91 Å². The zero-order chi connectivity index (χ0) is 13.7. The molecule has 2 rings (SSSR count). The molecule has 2 fully saturated rings. The van der Waals surface area contributed by atoms with Gasteiger partial charge in [0.15, 0.2) is 0 Å². The normalized spacial score (nSPS) is 27.5. The van der Waals surface area contributed by atoms with Gasteiger partial charge in [0.1, 0.15) is 0 Å². The predicted octanol–water partition coefficient (Wildman–Crippen LogP) is 1.84. The highest BCUT2D eigenvalue weighted by atomic mass is 16.5. The van der Waals surface area contributed by atoms with E-state index in [1.165, 1.54) is 12.8 Å². The van der Waals surface area contributed by atoms with E-state index in [2.05, 4.69) is 24.5 Å². The molecule has 2 N–H and O–H groups in total. The maximum atomic E-state index is 11.5. The molecular formula is C15H28N2O2. The zero-order valence-corrected chi connectivity index (χ0v) is 12.3. The minimum atomic E-state index is 0.219. The average Bonchev–Trinajstić information content (AvgIpc) is 3.19. The molecule has 0 bridgehead atoms. The van der Waals surface area contributed by atoms with Gasteiger partial charge in [-0.3, -0.25) is 4.79 Å². The molecule has 110 valence electrons. The molecule has 2 atom stereocenters. The molecule has 0 aromatic heterocycles. The summed E-state index contributed by atoms with van der Waals surface area (Å²) >= 11 is 0. The van der Waals surface area contributed by atoms with Crippen molar-refractivity contribution in [3.8, 4) is 0 Å². The largest absolute Gasteiger partial charge is 0.378 e. The maximum Gasteiger partial charge on any atom is 0.220 e. The average molecular weight is 268 g/mol. The summed E-state index contributed by atoms with van der Waals surface area (Å²) < 4.78 is 5.76. The summed E-state index contributed by atoms with van der Waals surface area (Å²) in [5.41, 5.74) is 0. The fraction of sp³-hybridized carbons (Fsp3) is 0.933. The van der Waals surface area contributed by atoms with Crippen molar-refractivity contribution in [1.82, 2.24) is 10.6 Å². The van der Waals surface area contributed by atoms with Crippen molar-refractivity contribution in [2.75, 3.05) is 13.2 Å². The van der Waals surface area contributed by atoms with E-state index in [4.69, 9.17) is 4.74 Å². The Bertz CT molecular complexity index is 290. The smallest absolute Gasteiger partial charge is 0.220 e. The fourth-order valence-electron chi connectivity index (χ4n) is 2.56. The summed E-state index contributed by atoms with van der Waals surface area (Å²) in [5.74, 6) is 0.810. The van der Waals surface area contributed by atoms with Crippen LogP contribution in [0, 0.1) is 5.92 Å². The first kappa shape index (κ1) is 14.8. The van der Waals surface area contributed by atoms with Gasteiger partial charge in [-0.15, -0.1) is 0 Å². The summed E-state index contributed by atoms with van der Waals surface area (Å²) in [4.78, 5) is 11.5. The number of carbonyl (C=O) groups excluding carboxylic acids is 1. The first-order chi connectivity index (χ1) is 9.15. The molecule has 0 spiro atoms. The summed E-state index contributed by atoms with van der Waals surface area (Å²) in [6.45, 7) is 6.24. The highest BCUT2D eigenvalue weighted by Crippen LogP contribution is 2.20. The lowest BCUT2D eigenvalue weighted by Crippen LogP contribution is -2.41. The third-order valence-corrected chi connectivity index (χ3v) is 4.01. The molecular weight excluding hydrogens is 240 g/mol. The lowest BCUT2D eigenvalue weighted by Gasteiger charge is -2.32. The number of rotatable bonds is 7. The quantitative estimate of drug-likeness (QED) is 0.693. The Labute approximate surface area is 116 Å². The van der Waals surface area contributed by atoms with Crippen molar-refractivity contribution in [1.29, 1.82) is 0 Å². The van der Waals surface area contributed by atoms with E-state index >= 15 is 0 Å². The molecule has 2 unspecified atom stereocenters. The van der Waals surface area contributed by atoms with E-state index in [-0.39, 0.29) is 5.91 Å². The number of nitrogens with one attached hydrogen (secondary N) is 2. The Morgan fingerprint density at radius 2 is 2.05 bits per heavy atom. The zero-order valence-electron chi connectivity index (χ0n) is 12.3. The third-order valence-electron chi connectivity index (χ3n) is 4.01. The van der Waals surface area contributed by atoms with Gasteiger partial charge in [0.05, 0.1) is 6.10 Å². The number of hydrogen-bond acceptors (Lipinski definition) is 3. The molecule has 1 amide bonds. The lowest BCUT2D eigenvalue weighted by atomic mass is 9.95. The van der Waals surface area contributed by atoms with E-state index in [0.717, 1.165) is 32.4 Å². The van der Waals surface area contributed by atoms with Crippen LogP contribution in [-0.2, 0) is 9.53 Å². The minimum Gasteiger partial charge on any atom is -0.378 e. The molecule has 1 aliphatic carbocycles. The second-order valence-electron chi connectivity index (χ2n) is 6.27. The van der Waals surface area contributed by atoms with Gasteiger partial charge in [0.2, 0.25) is 5.91 Å². The summed E-state index contributed by atoms with van der Waals surface area (Å²) in [7, 11) is 0. The first-order valence-corrected chi connectivity index (χ1v) is 7.79. The Morgan fingerprint density at radius 1 is 1.26 bits per heavy atom. The van der Waals surface area contributed by atoms with Crippen LogP contribution in [0.2, 0.25) is 0 Å². The number of carbonyl (C=O) groups is 1. The highest BCUT2D eigenvalue weighted by Gasteiger charge is 2.25. The predicted molar refractivity (Wildman–Crippen MR) is 76.0 cm³/mol. The highest BCUT2D eigenvalue weighted by molar-refractivity contribution is 5.76. The summed E-state index contributed by atoms with van der Waals surface area (Å²) in [6, 6.07) is 1.05. The molecule has 0 aromatic carbocycles. The first-order valence-electron chi connectivity index (χ1n) is 7.79. The third kappa shape index (κ3) is 5.49. The van der Waals surface area contributed by atoms with Crippen molar-refractivity contribution in [3.05, 3.63) is 0 Å². The molecule has 0 radical (unpaired) electrons. The Hall–Kier alpha value is -0.610. The van der Waals surface area contributed by atoms with Crippen LogP contribution in [0.4, 0.5) is 0 Å². The van der Waals surface area contributed by atoms with Gasteiger partial charge >= 0.3 is 0 Å². The monoisotopic (exact) mass is 268 g/mol. The lowest BCUT2D eigenvalue weighted by molar-refractivity contribution is -0.121. The van der Waals surface area contributed by atoms with Crippen molar-refractivity contribution < 1.29 is 9.53 Å². The van der Waals surface area contributed by atoms with Crippen LogP contribution >= 0.6 is 0 Å². The minimum absolute atomic E-state index is 0.219. The van der Waals surface area contributed by atoms with E-state index in [0.29, 0.717) is 30.5 Å². The molecule has 1 saturated heterocycles. The summed E-state index contributed by atoms with van der Waals surface area (Å²) in [6.07, 6.45) is 6.52. The molecule has 0 aromatic rings. The van der Waals surface area contributed by atoms with Crippen molar-refractivity contribution in [2.24, 2.45) is 5.92 Å². The van der Waals surface area contributed by atoms with Crippen LogP contribution in [-0.4, -0.2) is 37.2 Å². The van der Waals surface area contributed by atoms with Gasteiger partial charge in [0.25, 0.3) is 0 Å². The van der Waals surface area contributed by atoms with Crippen LogP contribution in [0.15, 0.2) is 0 Å². The number of amides is 1. The molecule has 1 aliphatic heterocycles. The number of ether oxygens (including phenoxy) is 1. The van der Waals surface area contributed by atoms with Crippen molar-refractivity contribution in [2.45, 2.75) is 70.6 Å². The molecule has 4 nitrogen and oxygen atoms in total. The Kier molecular flexibility index (Phi) is 5.64. The van der Waals surface area contributed by atoms with E-state index < -0.39 is 0 Å². The van der Waals surface area contributed by atoms with Crippen molar-refractivity contribution in [3.63, 3.8) is 0 Å². The molecule has 1 heterocycles. The summed E-state index contributed by atoms with van der Waals surface area (Å²) in [5, 5.41) is 6.60. The van der Waals surface area contributed by atoms with Crippen LogP contribution in [0.3, 0.4) is 0 Å². The van der Waals surface area contributed by atoms with Gasteiger partial charge in [-0.25, -0.2) is 0 Å². The van der Waals surface area contributed by atoms with Crippen LogP contribution in [0.25, 0.3) is 0 Å². The Morgan fingerprint density at radius 3 is 2.74 bits per heavy atom. The van der Waals surface area contributed by atoms with Crippen LogP contribution < -0.4 is 10.6 Å². The fourth-order valence-corrected chi connectivity index (χ4v) is 2.56. The van der Waals surface area contributed by atoms with Crippen LogP contribution in [0.1, 0.15) is 52.4 Å². The second kappa shape index (κ2) is 7.25. The van der Waals surface area contributed by atoms with E-state index in [1.54, 1.807) is 0 Å². The van der Waals surface area contributed by atoms with Gasteiger partial charge < -0.3 is 15.4 Å². The second-order valence-corrected chi connectivity index (χ2v) is 6.27. The maximum absolute atomic E-state index is 11.5. The van der Waals surface area contributed by atoms with Gasteiger partial charge in [0, 0.05) is 25.1 Å². The molecule has 2 aliphatic rings. The molecule has 1 saturated carbocycles. The topological polar surface area (TPSA) is 50.4 Å². The Balaban J connectivity index is 1.53. The standard InChI is InChI=1S/C15H28N2O2/c1-11(2)14-10-13(7-9-19-14)16-8-3-4-15(18)17-12-5-6-12/h11-14,16H,3-10H2,1-2H3,(H,17,18). The molecule has 4 heteroatoms. The van der Waals surface area contributed by atoms with E-state index in [9.17, 15) is 4.79 Å². The van der Waals surface area contributed by atoms with E-state index in [1.807, 2.05) is 0 Å². The van der Waals surface area contributed by atoms with Gasteiger partial charge in [-0.2, -0.15) is 0 Å².